The second kappa shape index (κ2) is 5.50. The van der Waals surface area contributed by atoms with E-state index in [9.17, 15) is 8.60 Å². The zero-order valence-electron chi connectivity index (χ0n) is 14.9. The molecule has 0 radical (unpaired) electrons. The highest BCUT2D eigenvalue weighted by molar-refractivity contribution is 7.85. The van der Waals surface area contributed by atoms with Gasteiger partial charge in [-0.25, -0.2) is 9.37 Å². The lowest BCUT2D eigenvalue weighted by Gasteiger charge is -2.62. The molecule has 0 spiro atoms. The summed E-state index contributed by atoms with van der Waals surface area (Å²) >= 11 is 0. The first kappa shape index (κ1) is 16.0. The fourth-order valence-corrected chi connectivity index (χ4v) is 6.21. The average Bonchev–Trinajstić information content (AvgIpc) is 2.90. The molecule has 1 N–H and O–H groups in total. The molecule has 5 aliphatic rings. The number of benzene rings is 1. The quantitative estimate of drug-likeness (QED) is 0.879. The molecule has 3 saturated carbocycles. The lowest BCUT2D eigenvalue weighted by Crippen LogP contribution is -2.63. The van der Waals surface area contributed by atoms with Gasteiger partial charge in [-0.05, 0) is 42.9 Å². The molecule has 1 aromatic carbocycles. The van der Waals surface area contributed by atoms with Crippen molar-refractivity contribution in [3.63, 3.8) is 0 Å². The van der Waals surface area contributed by atoms with Crippen molar-refractivity contribution in [3.05, 3.63) is 41.3 Å². The summed E-state index contributed by atoms with van der Waals surface area (Å²) in [7, 11) is -0.997. The van der Waals surface area contributed by atoms with Crippen LogP contribution in [0.25, 0.3) is 0 Å². The van der Waals surface area contributed by atoms with Crippen LogP contribution in [0.1, 0.15) is 36.4 Å². The minimum Gasteiger partial charge on any atom is -0.363 e. The molecule has 140 valence electrons. The molecule has 1 atom stereocenters. The number of nitrogens with zero attached hydrogens (tertiary/aromatic N) is 3. The number of anilines is 2. The summed E-state index contributed by atoms with van der Waals surface area (Å²) in [5, 5.41) is 3.62. The van der Waals surface area contributed by atoms with E-state index >= 15 is 0 Å². The number of nitrogens with one attached hydrogen (secondary N) is 1. The Kier molecular flexibility index (Phi) is 3.26. The Morgan fingerprint density at radius 2 is 2.04 bits per heavy atom. The third-order valence-electron chi connectivity index (χ3n) is 6.58. The first-order chi connectivity index (χ1) is 13.1. The van der Waals surface area contributed by atoms with E-state index in [1.165, 1.54) is 25.3 Å². The van der Waals surface area contributed by atoms with Gasteiger partial charge in [0.25, 0.3) is 0 Å². The van der Waals surface area contributed by atoms with Crippen LogP contribution >= 0.6 is 0 Å². The number of halogens is 1. The molecule has 0 unspecified atom stereocenters. The maximum Gasteiger partial charge on any atom is 0.227 e. The summed E-state index contributed by atoms with van der Waals surface area (Å²) in [5.41, 5.74) is 2.15. The zero-order chi connectivity index (χ0) is 18.2. The number of hydrogen-bond acceptors (Lipinski definition) is 5. The molecule has 3 heterocycles. The fraction of sp³-hybridized carbons (Fsp3) is 0.500. The first-order valence-corrected chi connectivity index (χ1v) is 11.0. The van der Waals surface area contributed by atoms with E-state index in [2.05, 4.69) is 10.2 Å². The Labute approximate surface area is 159 Å². The molecule has 2 aliphatic heterocycles. The second-order valence-electron chi connectivity index (χ2n) is 8.49. The maximum atomic E-state index is 13.5. The number of fused-ring (bicyclic) bond motifs is 1. The third-order valence-corrected chi connectivity index (χ3v) is 8.04. The van der Waals surface area contributed by atoms with Gasteiger partial charge in [-0.3, -0.25) is 4.21 Å². The monoisotopic (exact) mass is 384 g/mol. The largest absolute Gasteiger partial charge is 0.363 e. The van der Waals surface area contributed by atoms with Crippen molar-refractivity contribution in [2.75, 3.05) is 29.1 Å². The van der Waals surface area contributed by atoms with E-state index < -0.39 is 10.8 Å². The van der Waals surface area contributed by atoms with E-state index in [1.54, 1.807) is 12.1 Å². The molecule has 1 saturated heterocycles. The van der Waals surface area contributed by atoms with Gasteiger partial charge < -0.3 is 10.2 Å². The summed E-state index contributed by atoms with van der Waals surface area (Å²) in [6.07, 6.45) is 4.38. The molecule has 0 amide bonds. The second-order valence-corrected chi connectivity index (χ2v) is 10.00. The lowest BCUT2D eigenvalue weighted by atomic mass is 9.50. The Balaban J connectivity index is 1.27. The van der Waals surface area contributed by atoms with Crippen molar-refractivity contribution < 1.29 is 8.60 Å². The summed E-state index contributed by atoms with van der Waals surface area (Å²) in [6, 6.07) is 6.84. The van der Waals surface area contributed by atoms with Gasteiger partial charge in [-0.15, -0.1) is 0 Å². The van der Waals surface area contributed by atoms with Crippen molar-refractivity contribution in [2.24, 2.45) is 5.92 Å². The van der Waals surface area contributed by atoms with Crippen LogP contribution < -0.4 is 10.2 Å². The Morgan fingerprint density at radius 1 is 1.22 bits per heavy atom. The molecule has 7 rings (SSSR count). The van der Waals surface area contributed by atoms with Crippen LogP contribution in [0.4, 0.5) is 16.2 Å². The highest BCUT2D eigenvalue weighted by Gasteiger charge is 2.57. The molecule has 7 heteroatoms. The van der Waals surface area contributed by atoms with Gasteiger partial charge in [-0.1, -0.05) is 12.1 Å². The van der Waals surface area contributed by atoms with E-state index in [1.807, 2.05) is 6.07 Å². The molecule has 2 bridgehead atoms. The van der Waals surface area contributed by atoms with Crippen molar-refractivity contribution in [3.8, 4) is 0 Å². The average molecular weight is 384 g/mol. The van der Waals surface area contributed by atoms with Gasteiger partial charge in [-0.2, -0.15) is 4.98 Å². The van der Waals surface area contributed by atoms with Crippen LogP contribution in [0.3, 0.4) is 0 Å². The van der Waals surface area contributed by atoms with Gasteiger partial charge in [0, 0.05) is 36.7 Å². The van der Waals surface area contributed by atoms with Gasteiger partial charge in [0.2, 0.25) is 5.95 Å². The van der Waals surface area contributed by atoms with Gasteiger partial charge >= 0.3 is 0 Å². The molecule has 1 aromatic heterocycles. The highest BCUT2D eigenvalue weighted by atomic mass is 32.2. The SMILES string of the molecule is O=[S@]1CCc2nc(N3CC(c4cccc(F)c4)C3)nc(NC34CC(C3)C4)c21. The normalized spacial score (nSPS) is 30.9. The highest BCUT2D eigenvalue weighted by Crippen LogP contribution is 2.58. The minimum absolute atomic E-state index is 0.188. The molecule has 27 heavy (non-hydrogen) atoms. The van der Waals surface area contributed by atoms with Crippen molar-refractivity contribution in [1.29, 1.82) is 0 Å². The molecule has 3 aliphatic carbocycles. The van der Waals surface area contributed by atoms with E-state index in [0.717, 1.165) is 53.3 Å². The predicted molar refractivity (Wildman–Crippen MR) is 102 cm³/mol. The van der Waals surface area contributed by atoms with Crippen LogP contribution in [0.15, 0.2) is 29.2 Å². The molecule has 5 nitrogen and oxygen atoms in total. The summed E-state index contributed by atoms with van der Waals surface area (Å²) in [6.45, 7) is 1.58. The molecular formula is C20H21FN4OS. The minimum atomic E-state index is -0.997. The van der Waals surface area contributed by atoms with Crippen LogP contribution in [0.5, 0.6) is 0 Å². The van der Waals surface area contributed by atoms with Crippen LogP contribution in [0.2, 0.25) is 0 Å². The molecule has 2 aromatic rings. The number of aryl methyl sites for hydroxylation is 1. The molecular weight excluding hydrogens is 363 g/mol. The van der Waals surface area contributed by atoms with Crippen LogP contribution in [-0.4, -0.2) is 38.6 Å². The predicted octanol–water partition coefficient (Wildman–Crippen LogP) is 2.85. The van der Waals surface area contributed by atoms with E-state index in [-0.39, 0.29) is 11.4 Å². The topological polar surface area (TPSA) is 58.1 Å². The van der Waals surface area contributed by atoms with Gasteiger partial charge in [0.05, 0.1) is 16.5 Å². The number of aromatic nitrogens is 2. The summed E-state index contributed by atoms with van der Waals surface area (Å²) < 4.78 is 25.9. The standard InChI is InChI=1S/C20H21FN4OS/c21-15-3-1-2-13(6-15)14-10-25(11-14)19-22-16-4-5-27(26)17(16)18(23-19)24-20-7-12(8-20)9-20/h1-3,6,12,14H,4-5,7-11H2,(H,22,23,24)/t12?,20?,27-/m0/s1. The summed E-state index contributed by atoms with van der Waals surface area (Å²) in [4.78, 5) is 12.5. The maximum absolute atomic E-state index is 13.5. The van der Waals surface area contributed by atoms with E-state index in [0.29, 0.717) is 11.7 Å². The van der Waals surface area contributed by atoms with Crippen molar-refractivity contribution >= 4 is 22.6 Å². The molecule has 4 fully saturated rings. The lowest BCUT2D eigenvalue weighted by molar-refractivity contribution is 0.00158. The van der Waals surface area contributed by atoms with Crippen molar-refractivity contribution in [1.82, 2.24) is 9.97 Å². The Morgan fingerprint density at radius 3 is 2.74 bits per heavy atom. The Hall–Kier alpha value is -2.02. The number of hydrogen-bond donors (Lipinski definition) is 1. The van der Waals surface area contributed by atoms with Gasteiger partial charge in [0.15, 0.2) is 0 Å². The van der Waals surface area contributed by atoms with E-state index in [4.69, 9.17) is 9.97 Å². The smallest absolute Gasteiger partial charge is 0.227 e. The third kappa shape index (κ3) is 2.43. The summed E-state index contributed by atoms with van der Waals surface area (Å²) in [5.74, 6) is 3.14. The fourth-order valence-electron chi connectivity index (χ4n) is 4.91. The van der Waals surface area contributed by atoms with Crippen molar-refractivity contribution in [2.45, 2.75) is 42.0 Å². The number of rotatable bonds is 4. The first-order valence-electron chi connectivity index (χ1n) is 9.66. The zero-order valence-corrected chi connectivity index (χ0v) is 15.8. The van der Waals surface area contributed by atoms with Crippen LogP contribution in [0, 0.1) is 11.7 Å². The van der Waals surface area contributed by atoms with Gasteiger partial charge in [0.1, 0.15) is 16.5 Å². The Bertz CT molecular complexity index is 957. The van der Waals surface area contributed by atoms with Crippen LogP contribution in [-0.2, 0) is 17.2 Å².